The lowest BCUT2D eigenvalue weighted by Crippen LogP contribution is -2.58. The lowest BCUT2D eigenvalue weighted by atomic mass is 9.97. The van der Waals surface area contributed by atoms with Gasteiger partial charge in [-0.2, -0.15) is 0 Å². The van der Waals surface area contributed by atoms with E-state index < -0.39 is 36.6 Å². The van der Waals surface area contributed by atoms with E-state index in [2.05, 4.69) is 21.1 Å². The first-order valence-corrected chi connectivity index (χ1v) is 13.2. The summed E-state index contributed by atoms with van der Waals surface area (Å²) in [7, 11) is 0. The van der Waals surface area contributed by atoms with Gasteiger partial charge >= 0.3 is 0 Å². The largest absolute Gasteiger partial charge is 0.369 e. The number of alkyl halides is 1. The van der Waals surface area contributed by atoms with Gasteiger partial charge in [-0.15, -0.1) is 0 Å². The number of anilines is 1. The van der Waals surface area contributed by atoms with Crippen LogP contribution in [0.4, 0.5) is 10.1 Å². The number of para-hydroxylation sites is 1. The van der Waals surface area contributed by atoms with Crippen LogP contribution in [0.15, 0.2) is 35.2 Å². The summed E-state index contributed by atoms with van der Waals surface area (Å²) in [5, 5.41) is 12.0. The van der Waals surface area contributed by atoms with Crippen molar-refractivity contribution < 1.29 is 32.8 Å². The fraction of sp³-hybridized carbons (Fsp3) is 0.519. The van der Waals surface area contributed by atoms with Crippen LogP contribution in [0.3, 0.4) is 0 Å². The van der Waals surface area contributed by atoms with E-state index in [0.29, 0.717) is 31.2 Å². The van der Waals surface area contributed by atoms with E-state index in [0.717, 1.165) is 16.8 Å². The van der Waals surface area contributed by atoms with E-state index in [1.807, 2.05) is 32.0 Å². The van der Waals surface area contributed by atoms with Gasteiger partial charge in [0.15, 0.2) is 0 Å². The number of rotatable bonds is 12. The molecule has 1 aromatic heterocycles. The van der Waals surface area contributed by atoms with Crippen LogP contribution in [0.5, 0.6) is 0 Å². The highest BCUT2D eigenvalue weighted by Crippen LogP contribution is 2.39. The van der Waals surface area contributed by atoms with Crippen molar-refractivity contribution in [1.29, 1.82) is 0 Å². The van der Waals surface area contributed by atoms with Crippen molar-refractivity contribution in [3.05, 3.63) is 47.3 Å². The molecule has 3 heterocycles. The topological polar surface area (TPSA) is 143 Å². The Kier molecular flexibility index (Phi) is 9.28. The molecule has 1 aromatic carbocycles. The number of nitrogens with one attached hydrogen (secondary N) is 3. The molecule has 2 aliphatic rings. The van der Waals surface area contributed by atoms with E-state index in [1.54, 1.807) is 0 Å². The molecule has 3 N–H and O–H groups in total. The van der Waals surface area contributed by atoms with Gasteiger partial charge in [0.2, 0.25) is 23.6 Å². The van der Waals surface area contributed by atoms with Crippen LogP contribution in [0.25, 0.3) is 0 Å². The number of aromatic nitrogens is 1. The molecule has 0 unspecified atom stereocenters. The van der Waals surface area contributed by atoms with Crippen molar-refractivity contribution >= 4 is 29.3 Å². The average molecular weight is 544 g/mol. The molecule has 0 spiro atoms. The van der Waals surface area contributed by atoms with Gasteiger partial charge in [0.25, 0.3) is 0 Å². The SMILES string of the molecule is CC[C@H](C)[C@H](NC(=O)COCCF)C(=O)N[C@H]1CCc2cccc3c2N(C1=O)[C@H](C(=O)NCc1cnoc1)C3. The maximum absolute atomic E-state index is 13.9. The van der Waals surface area contributed by atoms with Gasteiger partial charge in [0, 0.05) is 18.5 Å². The Bertz CT molecular complexity index is 1190. The Morgan fingerprint density at radius 2 is 2.08 bits per heavy atom. The predicted molar refractivity (Wildman–Crippen MR) is 138 cm³/mol. The Hall–Kier alpha value is -3.80. The third kappa shape index (κ3) is 6.44. The second kappa shape index (κ2) is 12.8. The number of carbonyl (C=O) groups excluding carboxylic acids is 4. The van der Waals surface area contributed by atoms with Gasteiger partial charge in [-0.3, -0.25) is 24.1 Å². The molecule has 4 rings (SSSR count). The van der Waals surface area contributed by atoms with E-state index in [4.69, 9.17) is 9.26 Å². The zero-order chi connectivity index (χ0) is 27.9. The van der Waals surface area contributed by atoms with Gasteiger partial charge in [0.1, 0.15) is 37.7 Å². The number of hydrogen-bond donors (Lipinski definition) is 3. The van der Waals surface area contributed by atoms with Crippen molar-refractivity contribution in [3.8, 4) is 0 Å². The van der Waals surface area contributed by atoms with Gasteiger partial charge in [-0.1, -0.05) is 43.6 Å². The van der Waals surface area contributed by atoms with Gasteiger partial charge < -0.3 is 25.2 Å². The highest BCUT2D eigenvalue weighted by molar-refractivity contribution is 6.08. The number of hydrogen-bond acceptors (Lipinski definition) is 7. The van der Waals surface area contributed by atoms with Crippen LogP contribution in [-0.4, -0.2) is 66.8 Å². The normalized spacial score (nSPS) is 19.6. The first-order chi connectivity index (χ1) is 18.8. The lowest BCUT2D eigenvalue weighted by Gasteiger charge is -2.29. The summed E-state index contributed by atoms with van der Waals surface area (Å²) in [6.07, 6.45) is 4.76. The first-order valence-electron chi connectivity index (χ1n) is 13.2. The summed E-state index contributed by atoms with van der Waals surface area (Å²) in [5.41, 5.74) is 3.25. The summed E-state index contributed by atoms with van der Waals surface area (Å²) < 4.78 is 22.1. The number of halogens is 1. The highest BCUT2D eigenvalue weighted by Gasteiger charge is 2.44. The van der Waals surface area contributed by atoms with Crippen LogP contribution in [0.2, 0.25) is 0 Å². The summed E-state index contributed by atoms with van der Waals surface area (Å²) >= 11 is 0. The monoisotopic (exact) mass is 543 g/mol. The quantitative estimate of drug-likeness (QED) is 0.342. The van der Waals surface area contributed by atoms with E-state index >= 15 is 0 Å². The minimum atomic E-state index is -0.910. The zero-order valence-electron chi connectivity index (χ0n) is 22.1. The minimum Gasteiger partial charge on any atom is -0.369 e. The molecule has 4 amide bonds. The second-order valence-electron chi connectivity index (χ2n) is 9.88. The number of ether oxygens (including phenoxy) is 1. The minimum absolute atomic E-state index is 0.204. The molecule has 210 valence electrons. The van der Waals surface area contributed by atoms with Crippen molar-refractivity contribution in [2.75, 3.05) is 24.8 Å². The van der Waals surface area contributed by atoms with Gasteiger partial charge in [-0.25, -0.2) is 4.39 Å². The molecule has 0 saturated heterocycles. The van der Waals surface area contributed by atoms with E-state index in [9.17, 15) is 23.6 Å². The number of nitrogens with zero attached hydrogens (tertiary/aromatic N) is 2. The smallest absolute Gasteiger partial charge is 0.250 e. The Balaban J connectivity index is 1.50. The molecule has 11 nitrogen and oxygen atoms in total. The Morgan fingerprint density at radius 1 is 1.28 bits per heavy atom. The second-order valence-corrected chi connectivity index (χ2v) is 9.88. The van der Waals surface area contributed by atoms with Crippen LogP contribution in [0, 0.1) is 5.92 Å². The van der Waals surface area contributed by atoms with Crippen molar-refractivity contribution in [2.45, 2.75) is 64.2 Å². The maximum atomic E-state index is 13.9. The number of amides is 4. The standard InChI is InChI=1S/C27H34FN5O6/c1-3-16(2)23(32-22(34)15-38-10-9-28)26(36)31-20-8-7-18-5-4-6-19-11-21(33(24(18)19)27(20)37)25(35)29-12-17-13-30-39-14-17/h4-6,13-14,16,20-21,23H,3,7-12,15H2,1-2H3,(H,29,35)(H,31,36)(H,32,34)/t16-,20-,21-,23-/m0/s1. The average Bonchev–Trinajstić information content (AvgIpc) is 3.57. The summed E-state index contributed by atoms with van der Waals surface area (Å²) in [6, 6.07) is 3.17. The molecule has 0 bridgehead atoms. The predicted octanol–water partition coefficient (Wildman–Crippen LogP) is 1.20. The third-order valence-corrected chi connectivity index (χ3v) is 7.24. The van der Waals surface area contributed by atoms with Gasteiger partial charge in [-0.05, 0) is 29.9 Å². The number of benzene rings is 1. The fourth-order valence-corrected chi connectivity index (χ4v) is 4.99. The molecule has 39 heavy (non-hydrogen) atoms. The van der Waals surface area contributed by atoms with Crippen molar-refractivity contribution in [3.63, 3.8) is 0 Å². The molecular weight excluding hydrogens is 509 g/mol. The zero-order valence-corrected chi connectivity index (χ0v) is 22.1. The summed E-state index contributed by atoms with van der Waals surface area (Å²) in [4.78, 5) is 54.3. The maximum Gasteiger partial charge on any atom is 0.250 e. The lowest BCUT2D eigenvalue weighted by molar-refractivity contribution is -0.134. The molecule has 0 radical (unpaired) electrons. The summed E-state index contributed by atoms with van der Waals surface area (Å²) in [5.74, 6) is -1.98. The van der Waals surface area contributed by atoms with Crippen LogP contribution in [-0.2, 0) is 43.3 Å². The van der Waals surface area contributed by atoms with Gasteiger partial charge in [0.05, 0.1) is 18.5 Å². The fourth-order valence-electron chi connectivity index (χ4n) is 4.99. The first kappa shape index (κ1) is 28.2. The van der Waals surface area contributed by atoms with E-state index in [-0.39, 0.29) is 37.5 Å². The highest BCUT2D eigenvalue weighted by atomic mass is 19.1. The Morgan fingerprint density at radius 3 is 2.79 bits per heavy atom. The van der Waals surface area contributed by atoms with Crippen molar-refractivity contribution in [1.82, 2.24) is 21.1 Å². The third-order valence-electron chi connectivity index (χ3n) is 7.24. The molecule has 0 fully saturated rings. The summed E-state index contributed by atoms with van der Waals surface area (Å²) in [6.45, 7) is 2.61. The van der Waals surface area contributed by atoms with Crippen LogP contribution < -0.4 is 20.9 Å². The molecule has 4 atom stereocenters. The molecule has 0 saturated carbocycles. The molecule has 2 aliphatic heterocycles. The molecule has 0 aliphatic carbocycles. The molecule has 12 heteroatoms. The van der Waals surface area contributed by atoms with E-state index in [1.165, 1.54) is 17.4 Å². The van der Waals surface area contributed by atoms with Crippen molar-refractivity contribution in [2.24, 2.45) is 5.92 Å². The molecule has 2 aromatic rings. The molecular formula is C27H34FN5O6. The van der Waals surface area contributed by atoms with Crippen LogP contribution in [0.1, 0.15) is 43.4 Å². The Labute approximate surface area is 225 Å². The van der Waals surface area contributed by atoms with Crippen LogP contribution >= 0.6 is 0 Å². The number of carbonyl (C=O) groups is 4. The number of aryl methyl sites for hydroxylation is 1.